The lowest BCUT2D eigenvalue weighted by molar-refractivity contribution is 0.397. The van der Waals surface area contributed by atoms with Gasteiger partial charge in [-0.15, -0.1) is 0 Å². The van der Waals surface area contributed by atoms with E-state index in [4.69, 9.17) is 9.47 Å². The van der Waals surface area contributed by atoms with Crippen LogP contribution in [0.2, 0.25) is 0 Å². The van der Waals surface area contributed by atoms with E-state index < -0.39 is 0 Å². The SMILES string of the molecule is COc1cccc(OC)c1-c1ccccc1F. The first kappa shape index (κ1) is 11.5. The maximum absolute atomic E-state index is 13.8. The van der Waals surface area contributed by atoms with Gasteiger partial charge in [-0.2, -0.15) is 0 Å². The summed E-state index contributed by atoms with van der Waals surface area (Å²) in [5, 5.41) is 0. The second-order valence-electron chi connectivity index (χ2n) is 3.52. The molecule has 17 heavy (non-hydrogen) atoms. The lowest BCUT2D eigenvalue weighted by atomic mass is 10.0. The molecule has 0 atom stereocenters. The molecule has 3 heteroatoms. The molecule has 0 saturated heterocycles. The summed E-state index contributed by atoms with van der Waals surface area (Å²) in [6, 6.07) is 11.9. The van der Waals surface area contributed by atoms with Crippen molar-refractivity contribution in [3.8, 4) is 22.6 Å². The van der Waals surface area contributed by atoms with Crippen LogP contribution < -0.4 is 9.47 Å². The molecule has 0 N–H and O–H groups in total. The highest BCUT2D eigenvalue weighted by Crippen LogP contribution is 2.39. The summed E-state index contributed by atoms with van der Waals surface area (Å²) in [6.45, 7) is 0. The molecule has 2 aromatic carbocycles. The monoisotopic (exact) mass is 232 g/mol. The highest BCUT2D eigenvalue weighted by atomic mass is 19.1. The van der Waals surface area contributed by atoms with Gasteiger partial charge in [0.1, 0.15) is 17.3 Å². The van der Waals surface area contributed by atoms with Crippen molar-refractivity contribution in [1.29, 1.82) is 0 Å². The zero-order valence-electron chi connectivity index (χ0n) is 9.74. The van der Waals surface area contributed by atoms with Crippen molar-refractivity contribution in [1.82, 2.24) is 0 Å². The first-order valence-corrected chi connectivity index (χ1v) is 5.24. The van der Waals surface area contributed by atoms with Gasteiger partial charge in [-0.1, -0.05) is 24.3 Å². The minimum absolute atomic E-state index is 0.296. The van der Waals surface area contributed by atoms with Gasteiger partial charge in [0.2, 0.25) is 0 Å². The van der Waals surface area contributed by atoms with E-state index in [2.05, 4.69) is 0 Å². The van der Waals surface area contributed by atoms with Crippen LogP contribution in [0.15, 0.2) is 42.5 Å². The number of rotatable bonds is 3. The molecule has 0 amide bonds. The van der Waals surface area contributed by atoms with Crippen molar-refractivity contribution in [3.63, 3.8) is 0 Å². The average molecular weight is 232 g/mol. The predicted molar refractivity (Wildman–Crippen MR) is 64.9 cm³/mol. The second kappa shape index (κ2) is 4.87. The van der Waals surface area contributed by atoms with E-state index in [1.54, 1.807) is 44.6 Å². The molecule has 2 nitrogen and oxygen atoms in total. The Morgan fingerprint density at radius 1 is 0.824 bits per heavy atom. The van der Waals surface area contributed by atoms with E-state index in [1.807, 2.05) is 6.07 Å². The molecule has 88 valence electrons. The fourth-order valence-corrected chi connectivity index (χ4v) is 1.78. The van der Waals surface area contributed by atoms with Crippen LogP contribution in [0.3, 0.4) is 0 Å². The molecule has 0 aliphatic heterocycles. The third-order valence-corrected chi connectivity index (χ3v) is 2.57. The molecule has 2 aromatic rings. The van der Waals surface area contributed by atoms with Gasteiger partial charge in [0, 0.05) is 5.56 Å². The summed E-state index contributed by atoms with van der Waals surface area (Å²) in [7, 11) is 3.11. The zero-order valence-corrected chi connectivity index (χ0v) is 9.74. The van der Waals surface area contributed by atoms with Crippen LogP contribution >= 0.6 is 0 Å². The third kappa shape index (κ3) is 2.09. The fourth-order valence-electron chi connectivity index (χ4n) is 1.78. The van der Waals surface area contributed by atoms with Gasteiger partial charge in [-0.05, 0) is 18.2 Å². The second-order valence-corrected chi connectivity index (χ2v) is 3.52. The van der Waals surface area contributed by atoms with E-state index in [1.165, 1.54) is 6.07 Å². The Balaban J connectivity index is 2.69. The van der Waals surface area contributed by atoms with E-state index in [-0.39, 0.29) is 5.82 Å². The summed E-state index contributed by atoms with van der Waals surface area (Å²) >= 11 is 0. The van der Waals surface area contributed by atoms with E-state index in [0.29, 0.717) is 22.6 Å². The molecule has 0 fully saturated rings. The lowest BCUT2D eigenvalue weighted by Gasteiger charge is -2.13. The van der Waals surface area contributed by atoms with E-state index >= 15 is 0 Å². The molecule has 0 aliphatic rings. The van der Waals surface area contributed by atoms with Crippen LogP contribution in [0.5, 0.6) is 11.5 Å². The highest BCUT2D eigenvalue weighted by molar-refractivity contribution is 5.77. The van der Waals surface area contributed by atoms with Crippen molar-refractivity contribution in [2.75, 3.05) is 14.2 Å². The Kier molecular flexibility index (Phi) is 3.28. The Labute approximate surface area is 99.6 Å². The number of hydrogen-bond acceptors (Lipinski definition) is 2. The first-order valence-electron chi connectivity index (χ1n) is 5.24. The molecule has 0 unspecified atom stereocenters. The minimum atomic E-state index is -0.296. The average Bonchev–Trinajstić information content (AvgIpc) is 2.38. The Morgan fingerprint density at radius 3 is 1.94 bits per heavy atom. The molecule has 0 radical (unpaired) electrons. The first-order chi connectivity index (χ1) is 8.27. The summed E-state index contributed by atoms with van der Waals surface area (Å²) in [5.74, 6) is 0.888. The number of benzene rings is 2. The fraction of sp³-hybridized carbons (Fsp3) is 0.143. The number of ether oxygens (including phenoxy) is 2. The summed E-state index contributed by atoms with van der Waals surface area (Å²) in [4.78, 5) is 0. The van der Waals surface area contributed by atoms with Crippen LogP contribution in [0.25, 0.3) is 11.1 Å². The van der Waals surface area contributed by atoms with Crippen LogP contribution in [0.1, 0.15) is 0 Å². The normalized spacial score (nSPS) is 10.1. The van der Waals surface area contributed by atoms with Gasteiger partial charge in [0.05, 0.1) is 19.8 Å². The van der Waals surface area contributed by atoms with Gasteiger partial charge in [0.15, 0.2) is 0 Å². The molecular weight excluding hydrogens is 219 g/mol. The number of halogens is 1. The van der Waals surface area contributed by atoms with Crippen LogP contribution in [0.4, 0.5) is 4.39 Å². The number of methoxy groups -OCH3 is 2. The maximum Gasteiger partial charge on any atom is 0.131 e. The van der Waals surface area contributed by atoms with Gasteiger partial charge < -0.3 is 9.47 Å². The van der Waals surface area contributed by atoms with Gasteiger partial charge in [-0.25, -0.2) is 4.39 Å². The third-order valence-electron chi connectivity index (χ3n) is 2.57. The topological polar surface area (TPSA) is 18.5 Å². The van der Waals surface area contributed by atoms with E-state index in [0.717, 1.165) is 0 Å². The van der Waals surface area contributed by atoms with Gasteiger partial charge in [-0.3, -0.25) is 0 Å². The molecule has 0 aromatic heterocycles. The van der Waals surface area contributed by atoms with Crippen molar-refractivity contribution < 1.29 is 13.9 Å². The van der Waals surface area contributed by atoms with Crippen LogP contribution in [-0.2, 0) is 0 Å². The maximum atomic E-state index is 13.8. The van der Waals surface area contributed by atoms with Crippen LogP contribution in [0, 0.1) is 5.82 Å². The van der Waals surface area contributed by atoms with E-state index in [9.17, 15) is 4.39 Å². The summed E-state index contributed by atoms with van der Waals surface area (Å²) in [5.41, 5.74) is 1.11. The molecule has 0 bridgehead atoms. The van der Waals surface area contributed by atoms with Gasteiger partial charge in [0.25, 0.3) is 0 Å². The quantitative estimate of drug-likeness (QED) is 0.806. The van der Waals surface area contributed by atoms with Crippen LogP contribution in [-0.4, -0.2) is 14.2 Å². The van der Waals surface area contributed by atoms with Crippen molar-refractivity contribution >= 4 is 0 Å². The molecule has 0 heterocycles. The standard InChI is InChI=1S/C14H13FO2/c1-16-12-8-5-9-13(17-2)14(12)10-6-3-4-7-11(10)15/h3-9H,1-2H3. The van der Waals surface area contributed by atoms with Crippen molar-refractivity contribution in [3.05, 3.63) is 48.3 Å². The van der Waals surface area contributed by atoms with Crippen molar-refractivity contribution in [2.24, 2.45) is 0 Å². The van der Waals surface area contributed by atoms with Gasteiger partial charge >= 0.3 is 0 Å². The molecule has 0 saturated carbocycles. The molecule has 2 rings (SSSR count). The largest absolute Gasteiger partial charge is 0.496 e. The Hall–Kier alpha value is -2.03. The summed E-state index contributed by atoms with van der Waals surface area (Å²) in [6.07, 6.45) is 0. The minimum Gasteiger partial charge on any atom is -0.496 e. The smallest absolute Gasteiger partial charge is 0.131 e. The highest BCUT2D eigenvalue weighted by Gasteiger charge is 2.15. The summed E-state index contributed by atoms with van der Waals surface area (Å²) < 4.78 is 24.3. The predicted octanol–water partition coefficient (Wildman–Crippen LogP) is 3.51. The molecule has 0 spiro atoms. The zero-order chi connectivity index (χ0) is 12.3. The molecule has 0 aliphatic carbocycles. The molecular formula is C14H13FO2. The number of hydrogen-bond donors (Lipinski definition) is 0. The lowest BCUT2D eigenvalue weighted by Crippen LogP contribution is -1.94. The van der Waals surface area contributed by atoms with Crippen molar-refractivity contribution in [2.45, 2.75) is 0 Å². The Bertz CT molecular complexity index is 501. The Morgan fingerprint density at radius 2 is 1.41 bits per heavy atom.